The van der Waals surface area contributed by atoms with Crippen molar-refractivity contribution in [2.24, 2.45) is 5.73 Å². The number of nitro groups is 1. The fourth-order valence-corrected chi connectivity index (χ4v) is 1.78. The molecule has 0 aliphatic carbocycles. The number of nitro benzene ring substituents is 1. The first-order chi connectivity index (χ1) is 9.90. The summed E-state index contributed by atoms with van der Waals surface area (Å²) in [5, 5.41) is 18.2. The molecule has 0 amide bonds. The number of nitrogens with two attached hydrogens (primary N) is 1. The lowest BCUT2D eigenvalue weighted by Crippen LogP contribution is -2.14. The first kappa shape index (κ1) is 14.4. The number of ether oxygens (including phenoxy) is 1. The van der Waals surface area contributed by atoms with E-state index < -0.39 is 16.6 Å². The minimum Gasteiger partial charge on any atom is -0.456 e. The third-order valence-electron chi connectivity index (χ3n) is 2.85. The molecule has 0 atom stereocenters. The Balaban J connectivity index is 2.48. The Bertz CT molecular complexity index is 731. The van der Waals surface area contributed by atoms with Gasteiger partial charge in [-0.05, 0) is 30.7 Å². The van der Waals surface area contributed by atoms with Crippen LogP contribution >= 0.6 is 0 Å². The molecule has 0 unspecified atom stereocenters. The summed E-state index contributed by atoms with van der Waals surface area (Å²) in [6.45, 7) is 1.70. The molecular weight excluding hydrogens is 277 g/mol. The molecule has 0 saturated heterocycles. The lowest BCUT2D eigenvalue weighted by Gasteiger charge is -2.12. The molecule has 7 heteroatoms. The lowest BCUT2D eigenvalue weighted by atomic mass is 10.1. The number of nitrogens with zero attached hydrogens (tertiary/aromatic N) is 1. The molecule has 0 bridgehead atoms. The number of amidine groups is 1. The highest BCUT2D eigenvalue weighted by atomic mass is 19.1. The minimum atomic E-state index is -0.692. The van der Waals surface area contributed by atoms with E-state index >= 15 is 0 Å². The summed E-state index contributed by atoms with van der Waals surface area (Å²) in [4.78, 5) is 10.2. The van der Waals surface area contributed by atoms with Crippen LogP contribution in [0.3, 0.4) is 0 Å². The molecule has 0 radical (unpaired) electrons. The smallest absolute Gasteiger partial charge is 0.273 e. The fraction of sp³-hybridized carbons (Fsp3) is 0.0714. The zero-order valence-corrected chi connectivity index (χ0v) is 11.1. The lowest BCUT2D eigenvalue weighted by molar-refractivity contribution is -0.384. The zero-order chi connectivity index (χ0) is 15.6. The molecule has 2 aromatic rings. The normalized spacial score (nSPS) is 10.2. The molecule has 2 rings (SSSR count). The number of hydrogen-bond acceptors (Lipinski definition) is 4. The molecule has 0 aromatic heterocycles. The van der Waals surface area contributed by atoms with Crippen LogP contribution in [0.1, 0.15) is 11.1 Å². The second kappa shape index (κ2) is 5.58. The predicted octanol–water partition coefficient (Wildman–Crippen LogP) is 3.12. The van der Waals surface area contributed by atoms with Gasteiger partial charge >= 0.3 is 0 Å². The highest BCUT2D eigenvalue weighted by Gasteiger charge is 2.16. The molecule has 0 fully saturated rings. The third kappa shape index (κ3) is 2.97. The van der Waals surface area contributed by atoms with Gasteiger partial charge in [0.2, 0.25) is 0 Å². The maximum absolute atomic E-state index is 13.7. The number of hydrogen-bond donors (Lipinski definition) is 2. The molecule has 0 aliphatic heterocycles. The Labute approximate surface area is 119 Å². The molecule has 3 N–H and O–H groups in total. The van der Waals surface area contributed by atoms with Crippen molar-refractivity contribution < 1.29 is 14.1 Å². The van der Waals surface area contributed by atoms with Gasteiger partial charge in [0.05, 0.1) is 16.6 Å². The third-order valence-corrected chi connectivity index (χ3v) is 2.85. The molecule has 6 nitrogen and oxygen atoms in total. The van der Waals surface area contributed by atoms with E-state index in [9.17, 15) is 14.5 Å². The number of halogens is 1. The first-order valence-electron chi connectivity index (χ1n) is 5.96. The van der Waals surface area contributed by atoms with Crippen LogP contribution in [0.2, 0.25) is 0 Å². The number of non-ortho nitro benzene ring substituents is 1. The number of nitrogen functional groups attached to an aromatic ring is 1. The summed E-state index contributed by atoms with van der Waals surface area (Å²) in [6, 6.07) is 8.12. The van der Waals surface area contributed by atoms with Crippen LogP contribution in [0.15, 0.2) is 36.4 Å². The fourth-order valence-electron chi connectivity index (χ4n) is 1.78. The Morgan fingerprint density at radius 2 is 2.05 bits per heavy atom. The molecule has 0 spiro atoms. The predicted molar refractivity (Wildman–Crippen MR) is 75.3 cm³/mol. The average molecular weight is 289 g/mol. The van der Waals surface area contributed by atoms with Gasteiger partial charge in [0.25, 0.3) is 5.69 Å². The van der Waals surface area contributed by atoms with Crippen LogP contribution in [0.25, 0.3) is 0 Å². The van der Waals surface area contributed by atoms with Gasteiger partial charge in [0.1, 0.15) is 23.2 Å². The highest BCUT2D eigenvalue weighted by molar-refractivity contribution is 5.98. The van der Waals surface area contributed by atoms with Gasteiger partial charge in [0.15, 0.2) is 0 Å². The van der Waals surface area contributed by atoms with E-state index in [4.69, 9.17) is 15.9 Å². The summed E-state index contributed by atoms with van der Waals surface area (Å²) >= 11 is 0. The second-order valence-corrected chi connectivity index (χ2v) is 4.34. The average Bonchev–Trinajstić information content (AvgIpc) is 2.40. The van der Waals surface area contributed by atoms with Gasteiger partial charge in [-0.2, -0.15) is 0 Å². The summed E-state index contributed by atoms with van der Waals surface area (Å²) in [7, 11) is 0. The maximum Gasteiger partial charge on any atom is 0.273 e. The van der Waals surface area contributed by atoms with Gasteiger partial charge in [-0.25, -0.2) is 4.39 Å². The summed E-state index contributed by atoms with van der Waals surface area (Å²) in [5.74, 6) is -0.933. The molecule has 0 saturated carbocycles. The van der Waals surface area contributed by atoms with E-state index in [1.165, 1.54) is 30.3 Å². The van der Waals surface area contributed by atoms with E-state index in [1.807, 2.05) is 0 Å². The van der Waals surface area contributed by atoms with Crippen molar-refractivity contribution in [3.8, 4) is 11.5 Å². The van der Waals surface area contributed by atoms with Gasteiger partial charge in [-0.15, -0.1) is 0 Å². The van der Waals surface area contributed by atoms with Crippen molar-refractivity contribution >= 4 is 11.5 Å². The van der Waals surface area contributed by atoms with Crippen LogP contribution < -0.4 is 10.5 Å². The number of aryl methyl sites for hydroxylation is 1. The zero-order valence-electron chi connectivity index (χ0n) is 11.1. The highest BCUT2D eigenvalue weighted by Crippen LogP contribution is 2.31. The molecule has 108 valence electrons. The van der Waals surface area contributed by atoms with Crippen LogP contribution in [0.5, 0.6) is 11.5 Å². The number of rotatable bonds is 4. The first-order valence-corrected chi connectivity index (χ1v) is 5.96. The van der Waals surface area contributed by atoms with E-state index in [0.29, 0.717) is 5.56 Å². The van der Waals surface area contributed by atoms with Crippen molar-refractivity contribution in [3.05, 3.63) is 63.5 Å². The van der Waals surface area contributed by atoms with Crippen molar-refractivity contribution in [2.45, 2.75) is 6.92 Å². The van der Waals surface area contributed by atoms with Gasteiger partial charge < -0.3 is 10.5 Å². The van der Waals surface area contributed by atoms with Crippen molar-refractivity contribution in [1.29, 1.82) is 5.41 Å². The standard InChI is InChI=1S/C14H12FN3O3/c1-8-5-6-9(18(19)20)7-12(8)21-11-4-2-3-10(15)13(11)14(16)17/h2-7H,1H3,(H3,16,17). The van der Waals surface area contributed by atoms with Crippen molar-refractivity contribution in [2.75, 3.05) is 0 Å². The molecule has 0 aliphatic rings. The minimum absolute atomic E-state index is 0.0334. The monoisotopic (exact) mass is 289 g/mol. The maximum atomic E-state index is 13.7. The SMILES string of the molecule is Cc1ccc([N+](=O)[O-])cc1Oc1cccc(F)c1C(=N)N. The van der Waals surface area contributed by atoms with Crippen molar-refractivity contribution in [1.82, 2.24) is 0 Å². The van der Waals surface area contributed by atoms with Gasteiger partial charge in [-0.1, -0.05) is 6.07 Å². The molecular formula is C14H12FN3O3. The van der Waals surface area contributed by atoms with Crippen LogP contribution in [0.4, 0.5) is 10.1 Å². The largest absolute Gasteiger partial charge is 0.456 e. The Morgan fingerprint density at radius 1 is 1.33 bits per heavy atom. The van der Waals surface area contributed by atoms with Crippen LogP contribution in [-0.4, -0.2) is 10.8 Å². The van der Waals surface area contributed by atoms with Crippen LogP contribution in [-0.2, 0) is 0 Å². The van der Waals surface area contributed by atoms with Gasteiger partial charge in [-0.3, -0.25) is 15.5 Å². The Hall–Kier alpha value is -2.96. The van der Waals surface area contributed by atoms with Crippen LogP contribution in [0, 0.1) is 28.3 Å². The summed E-state index contributed by atoms with van der Waals surface area (Å²) in [6.07, 6.45) is 0. The molecule has 0 heterocycles. The Morgan fingerprint density at radius 3 is 2.67 bits per heavy atom. The van der Waals surface area contributed by atoms with Crippen molar-refractivity contribution in [3.63, 3.8) is 0 Å². The number of nitrogens with one attached hydrogen (secondary N) is 1. The van der Waals surface area contributed by atoms with E-state index in [0.717, 1.165) is 6.07 Å². The van der Waals surface area contributed by atoms with E-state index in [2.05, 4.69) is 0 Å². The van der Waals surface area contributed by atoms with E-state index in [1.54, 1.807) is 6.92 Å². The molecule has 21 heavy (non-hydrogen) atoms. The molecule has 2 aromatic carbocycles. The summed E-state index contributed by atoms with van der Waals surface area (Å²) < 4.78 is 19.2. The quantitative estimate of drug-likeness (QED) is 0.390. The van der Waals surface area contributed by atoms with Gasteiger partial charge in [0, 0.05) is 6.07 Å². The van der Waals surface area contributed by atoms with E-state index in [-0.39, 0.29) is 22.7 Å². The second-order valence-electron chi connectivity index (χ2n) is 4.34. The number of benzene rings is 2. The topological polar surface area (TPSA) is 102 Å². The Kier molecular flexibility index (Phi) is 3.84. The summed E-state index contributed by atoms with van der Waals surface area (Å²) in [5.41, 5.74) is 5.66.